The van der Waals surface area contributed by atoms with Crippen LogP contribution in [0, 0.1) is 5.82 Å². The molecule has 0 bridgehead atoms. The minimum absolute atomic E-state index is 0.141. The van der Waals surface area contributed by atoms with Crippen LogP contribution in [0.15, 0.2) is 54.6 Å². The first-order chi connectivity index (χ1) is 10.5. The lowest BCUT2D eigenvalue weighted by molar-refractivity contribution is -0.114. The lowest BCUT2D eigenvalue weighted by Crippen LogP contribution is -2.07. The summed E-state index contributed by atoms with van der Waals surface area (Å²) in [7, 11) is 0. The van der Waals surface area contributed by atoms with E-state index in [0.717, 1.165) is 5.56 Å². The molecule has 0 saturated heterocycles. The maximum atomic E-state index is 13.0. The average molecular weight is 298 g/mol. The Bertz CT molecular complexity index is 709. The second-order valence-corrected chi connectivity index (χ2v) is 4.64. The molecule has 112 valence electrons. The van der Waals surface area contributed by atoms with Gasteiger partial charge in [-0.1, -0.05) is 18.2 Å². The van der Waals surface area contributed by atoms with Crippen LogP contribution in [0.4, 0.5) is 15.8 Å². The van der Waals surface area contributed by atoms with Gasteiger partial charge < -0.3 is 10.6 Å². The molecule has 0 atom stereocenters. The Kier molecular flexibility index (Phi) is 5.03. The summed E-state index contributed by atoms with van der Waals surface area (Å²) in [6, 6.07) is 12.7. The van der Waals surface area contributed by atoms with Gasteiger partial charge in [-0.3, -0.25) is 9.59 Å². The van der Waals surface area contributed by atoms with Crippen molar-refractivity contribution in [2.24, 2.45) is 0 Å². The molecule has 5 heteroatoms. The smallest absolute Gasteiger partial charge is 0.248 e. The highest BCUT2D eigenvalue weighted by atomic mass is 19.1. The van der Waals surface area contributed by atoms with Crippen LogP contribution in [0.1, 0.15) is 12.5 Å². The molecular weight excluding hydrogens is 283 g/mol. The first-order valence-corrected chi connectivity index (χ1v) is 6.65. The molecule has 0 spiro atoms. The molecule has 22 heavy (non-hydrogen) atoms. The Morgan fingerprint density at radius 2 is 1.73 bits per heavy atom. The van der Waals surface area contributed by atoms with E-state index in [2.05, 4.69) is 10.6 Å². The van der Waals surface area contributed by atoms with Crippen LogP contribution in [-0.2, 0) is 9.59 Å². The number of carbonyl (C=O) groups excluding carboxylic acids is 2. The summed E-state index contributed by atoms with van der Waals surface area (Å²) in [5.74, 6) is -0.898. The van der Waals surface area contributed by atoms with Crippen LogP contribution in [0.3, 0.4) is 0 Å². The Morgan fingerprint density at radius 1 is 1.00 bits per heavy atom. The fraction of sp³-hybridized carbons (Fsp3) is 0.0588. The molecule has 0 aliphatic heterocycles. The van der Waals surface area contributed by atoms with Crippen molar-refractivity contribution in [3.63, 3.8) is 0 Å². The van der Waals surface area contributed by atoms with Gasteiger partial charge in [0.2, 0.25) is 11.8 Å². The van der Waals surface area contributed by atoms with Gasteiger partial charge in [0, 0.05) is 24.4 Å². The Balaban J connectivity index is 1.96. The van der Waals surface area contributed by atoms with Crippen molar-refractivity contribution in [3.8, 4) is 0 Å². The van der Waals surface area contributed by atoms with Crippen molar-refractivity contribution in [1.29, 1.82) is 0 Å². The van der Waals surface area contributed by atoms with Crippen LogP contribution in [-0.4, -0.2) is 11.8 Å². The summed E-state index contributed by atoms with van der Waals surface area (Å²) in [6.45, 7) is 1.44. The van der Waals surface area contributed by atoms with E-state index in [9.17, 15) is 14.0 Å². The number of benzene rings is 2. The topological polar surface area (TPSA) is 58.2 Å². The molecule has 2 aromatic rings. The van der Waals surface area contributed by atoms with Crippen LogP contribution in [0.5, 0.6) is 0 Å². The molecule has 0 aliphatic rings. The Morgan fingerprint density at radius 3 is 2.36 bits per heavy atom. The van der Waals surface area contributed by atoms with Crippen molar-refractivity contribution in [1.82, 2.24) is 0 Å². The monoisotopic (exact) mass is 298 g/mol. The normalized spacial score (nSPS) is 10.5. The van der Waals surface area contributed by atoms with E-state index >= 15 is 0 Å². The second kappa shape index (κ2) is 7.17. The number of rotatable bonds is 4. The fourth-order valence-electron chi connectivity index (χ4n) is 1.80. The number of hydrogen-bond donors (Lipinski definition) is 2. The van der Waals surface area contributed by atoms with Crippen LogP contribution in [0.2, 0.25) is 0 Å². The van der Waals surface area contributed by atoms with Gasteiger partial charge in [-0.15, -0.1) is 0 Å². The summed E-state index contributed by atoms with van der Waals surface area (Å²) >= 11 is 0. The van der Waals surface area contributed by atoms with Crippen LogP contribution < -0.4 is 10.6 Å². The highest BCUT2D eigenvalue weighted by Crippen LogP contribution is 2.12. The van der Waals surface area contributed by atoms with E-state index in [1.807, 2.05) is 0 Å². The van der Waals surface area contributed by atoms with Crippen molar-refractivity contribution in [2.75, 3.05) is 10.6 Å². The molecule has 0 heterocycles. The molecule has 0 unspecified atom stereocenters. The van der Waals surface area contributed by atoms with E-state index in [1.54, 1.807) is 36.4 Å². The van der Waals surface area contributed by atoms with E-state index in [4.69, 9.17) is 0 Å². The number of amides is 2. The van der Waals surface area contributed by atoms with Gasteiger partial charge in [0.25, 0.3) is 0 Å². The van der Waals surface area contributed by atoms with Crippen molar-refractivity contribution in [3.05, 3.63) is 66.0 Å². The van der Waals surface area contributed by atoms with E-state index in [1.165, 1.54) is 31.2 Å². The summed E-state index contributed by atoms with van der Waals surface area (Å²) in [5, 5.41) is 5.22. The maximum absolute atomic E-state index is 13.0. The van der Waals surface area contributed by atoms with Crippen molar-refractivity contribution in [2.45, 2.75) is 6.92 Å². The molecule has 2 rings (SSSR count). The molecule has 0 aromatic heterocycles. The van der Waals surface area contributed by atoms with E-state index in [-0.39, 0.29) is 11.8 Å². The minimum Gasteiger partial charge on any atom is -0.326 e. The van der Waals surface area contributed by atoms with Crippen LogP contribution in [0.25, 0.3) is 6.08 Å². The standard InChI is InChI=1S/C17H15FN2O2/c1-12(21)19-15-8-5-13(6-9-15)7-10-17(22)20-16-4-2-3-14(18)11-16/h2-11H,1H3,(H,19,21)(H,20,22)/b10-7+. The first kappa shape index (κ1) is 15.4. The lowest BCUT2D eigenvalue weighted by Gasteiger charge is -2.03. The summed E-state index contributed by atoms with van der Waals surface area (Å²) in [4.78, 5) is 22.6. The highest BCUT2D eigenvalue weighted by Gasteiger charge is 1.99. The summed E-state index contributed by atoms with van der Waals surface area (Å²) in [5.41, 5.74) is 1.90. The first-order valence-electron chi connectivity index (χ1n) is 6.65. The highest BCUT2D eigenvalue weighted by molar-refractivity contribution is 6.01. The van der Waals surface area contributed by atoms with Gasteiger partial charge in [-0.2, -0.15) is 0 Å². The third kappa shape index (κ3) is 4.86. The number of nitrogens with one attached hydrogen (secondary N) is 2. The Labute approximate surface area is 127 Å². The molecule has 0 aliphatic carbocycles. The predicted molar refractivity (Wildman–Crippen MR) is 84.8 cm³/mol. The lowest BCUT2D eigenvalue weighted by atomic mass is 10.2. The second-order valence-electron chi connectivity index (χ2n) is 4.64. The van der Waals surface area contributed by atoms with Crippen molar-refractivity contribution >= 4 is 29.3 Å². The maximum Gasteiger partial charge on any atom is 0.248 e. The molecular formula is C17H15FN2O2. The number of anilines is 2. The molecule has 0 saturated carbocycles. The minimum atomic E-state index is -0.407. The van der Waals surface area contributed by atoms with Gasteiger partial charge in [0.1, 0.15) is 5.82 Å². The largest absolute Gasteiger partial charge is 0.326 e. The quantitative estimate of drug-likeness (QED) is 0.850. The summed E-state index contributed by atoms with van der Waals surface area (Å²) in [6.07, 6.45) is 2.99. The number of halogens is 1. The number of carbonyl (C=O) groups is 2. The third-order valence-electron chi connectivity index (χ3n) is 2.75. The zero-order valence-corrected chi connectivity index (χ0v) is 12.0. The van der Waals surface area contributed by atoms with E-state index in [0.29, 0.717) is 11.4 Å². The van der Waals surface area contributed by atoms with Crippen molar-refractivity contribution < 1.29 is 14.0 Å². The zero-order valence-electron chi connectivity index (χ0n) is 12.0. The van der Waals surface area contributed by atoms with Crippen LogP contribution >= 0.6 is 0 Å². The van der Waals surface area contributed by atoms with Gasteiger partial charge >= 0.3 is 0 Å². The SMILES string of the molecule is CC(=O)Nc1ccc(/C=C/C(=O)Nc2cccc(F)c2)cc1. The Hall–Kier alpha value is -2.95. The molecule has 2 aromatic carbocycles. The van der Waals surface area contributed by atoms with Gasteiger partial charge in [-0.05, 0) is 42.0 Å². The van der Waals surface area contributed by atoms with E-state index < -0.39 is 5.82 Å². The number of hydrogen-bond acceptors (Lipinski definition) is 2. The van der Waals surface area contributed by atoms with Gasteiger partial charge in [0.15, 0.2) is 0 Å². The van der Waals surface area contributed by atoms with Gasteiger partial charge in [-0.25, -0.2) is 4.39 Å². The molecule has 4 nitrogen and oxygen atoms in total. The molecule has 0 fully saturated rings. The van der Waals surface area contributed by atoms with Gasteiger partial charge in [0.05, 0.1) is 0 Å². The zero-order chi connectivity index (χ0) is 15.9. The molecule has 0 radical (unpaired) electrons. The molecule has 2 N–H and O–H groups in total. The predicted octanol–water partition coefficient (Wildman–Crippen LogP) is 3.44. The average Bonchev–Trinajstić information content (AvgIpc) is 2.46. The molecule has 2 amide bonds. The fourth-order valence-corrected chi connectivity index (χ4v) is 1.80. The summed E-state index contributed by atoms with van der Waals surface area (Å²) < 4.78 is 13.0. The third-order valence-corrected chi connectivity index (χ3v) is 2.75.